The van der Waals surface area contributed by atoms with Crippen LogP contribution in [0, 0.1) is 6.92 Å². The molecule has 1 amide bonds. The van der Waals surface area contributed by atoms with E-state index in [1.165, 1.54) is 11.3 Å². The topological polar surface area (TPSA) is 71.5 Å². The number of carbonyl (C=O) groups excluding carboxylic acids is 1. The Labute approximate surface area is 111 Å². The maximum absolute atomic E-state index is 12.1. The van der Waals surface area contributed by atoms with Crippen LogP contribution in [0.15, 0.2) is 0 Å². The van der Waals surface area contributed by atoms with E-state index >= 15 is 0 Å². The Morgan fingerprint density at radius 3 is 2.78 bits per heavy atom. The van der Waals surface area contributed by atoms with Crippen molar-refractivity contribution in [1.29, 1.82) is 0 Å². The molecular formula is C12H20N2O3S. The molecule has 0 saturated heterocycles. The Bertz CT molecular complexity index is 413. The van der Waals surface area contributed by atoms with Crippen LogP contribution in [0.25, 0.3) is 0 Å². The molecule has 102 valence electrons. The molecule has 18 heavy (non-hydrogen) atoms. The van der Waals surface area contributed by atoms with E-state index in [0.717, 1.165) is 5.01 Å². The van der Waals surface area contributed by atoms with E-state index in [1.54, 1.807) is 14.0 Å². The van der Waals surface area contributed by atoms with Gasteiger partial charge in [-0.25, -0.2) is 4.98 Å². The number of aliphatic hydroxyl groups excluding tert-OH is 1. The molecule has 1 aromatic heterocycles. The molecule has 1 rings (SSSR count). The fourth-order valence-electron chi connectivity index (χ4n) is 1.42. The number of methoxy groups -OCH3 is 1. The highest BCUT2D eigenvalue weighted by molar-refractivity contribution is 7.13. The van der Waals surface area contributed by atoms with Gasteiger partial charge in [-0.1, -0.05) is 6.92 Å². The minimum absolute atomic E-state index is 0.0853. The van der Waals surface area contributed by atoms with Crippen LogP contribution in [0.5, 0.6) is 0 Å². The number of nitrogens with zero attached hydrogens (tertiary/aromatic N) is 1. The van der Waals surface area contributed by atoms with Crippen molar-refractivity contribution < 1.29 is 14.6 Å². The van der Waals surface area contributed by atoms with Crippen LogP contribution in [0.4, 0.5) is 0 Å². The molecule has 0 spiro atoms. The largest absolute Gasteiger partial charge is 0.394 e. The van der Waals surface area contributed by atoms with Crippen molar-refractivity contribution in [2.24, 2.45) is 0 Å². The van der Waals surface area contributed by atoms with E-state index in [1.807, 2.05) is 13.8 Å². The van der Waals surface area contributed by atoms with Crippen LogP contribution < -0.4 is 5.32 Å². The minimum atomic E-state index is -0.588. The second kappa shape index (κ2) is 6.26. The van der Waals surface area contributed by atoms with E-state index in [-0.39, 0.29) is 12.5 Å². The SMILES string of the molecule is CC[C@@](C)(CO)NC(=O)c1sc(COC)nc1C. The van der Waals surface area contributed by atoms with Crippen LogP contribution in [0.2, 0.25) is 0 Å². The van der Waals surface area contributed by atoms with Crippen LogP contribution >= 0.6 is 11.3 Å². The lowest BCUT2D eigenvalue weighted by Gasteiger charge is -2.26. The number of nitrogens with one attached hydrogen (secondary N) is 1. The molecule has 0 fully saturated rings. The molecule has 0 bridgehead atoms. The summed E-state index contributed by atoms with van der Waals surface area (Å²) in [5.41, 5.74) is 0.107. The molecule has 1 heterocycles. The zero-order valence-corrected chi connectivity index (χ0v) is 12.1. The highest BCUT2D eigenvalue weighted by Crippen LogP contribution is 2.20. The number of amides is 1. The Kier molecular flexibility index (Phi) is 5.25. The molecule has 0 aromatic carbocycles. The van der Waals surface area contributed by atoms with E-state index in [9.17, 15) is 9.90 Å². The fraction of sp³-hybridized carbons (Fsp3) is 0.667. The van der Waals surface area contributed by atoms with Crippen LogP contribution in [-0.4, -0.2) is 35.3 Å². The van der Waals surface area contributed by atoms with Gasteiger partial charge in [-0.2, -0.15) is 0 Å². The highest BCUT2D eigenvalue weighted by Gasteiger charge is 2.26. The molecule has 0 aliphatic carbocycles. The van der Waals surface area contributed by atoms with E-state index < -0.39 is 5.54 Å². The molecule has 6 heteroatoms. The van der Waals surface area contributed by atoms with E-state index in [2.05, 4.69) is 10.3 Å². The second-order valence-electron chi connectivity index (χ2n) is 4.48. The van der Waals surface area contributed by atoms with Crippen molar-refractivity contribution in [3.63, 3.8) is 0 Å². The van der Waals surface area contributed by atoms with Crippen molar-refractivity contribution >= 4 is 17.2 Å². The molecule has 1 aromatic rings. The Morgan fingerprint density at radius 1 is 1.61 bits per heavy atom. The third kappa shape index (κ3) is 3.51. The highest BCUT2D eigenvalue weighted by atomic mass is 32.1. The number of aromatic nitrogens is 1. The molecular weight excluding hydrogens is 252 g/mol. The van der Waals surface area contributed by atoms with Crippen molar-refractivity contribution in [3.05, 3.63) is 15.6 Å². The van der Waals surface area contributed by atoms with Gasteiger partial charge in [-0.05, 0) is 20.3 Å². The Balaban J connectivity index is 2.84. The summed E-state index contributed by atoms with van der Waals surface area (Å²) in [6.45, 7) is 5.86. The second-order valence-corrected chi connectivity index (χ2v) is 5.57. The summed E-state index contributed by atoms with van der Waals surface area (Å²) in [5.74, 6) is -0.189. The van der Waals surface area contributed by atoms with Gasteiger partial charge in [0.2, 0.25) is 0 Å². The summed E-state index contributed by atoms with van der Waals surface area (Å²) < 4.78 is 5.00. The summed E-state index contributed by atoms with van der Waals surface area (Å²) in [6, 6.07) is 0. The zero-order valence-electron chi connectivity index (χ0n) is 11.2. The molecule has 5 nitrogen and oxygen atoms in total. The fourth-order valence-corrected chi connectivity index (χ4v) is 2.35. The number of aryl methyl sites for hydroxylation is 1. The van der Waals surface area contributed by atoms with Gasteiger partial charge in [0.05, 0.1) is 24.4 Å². The summed E-state index contributed by atoms with van der Waals surface area (Å²) in [6.07, 6.45) is 0.665. The first-order valence-corrected chi connectivity index (χ1v) is 6.66. The predicted octanol–water partition coefficient (Wildman–Crippen LogP) is 1.49. The third-order valence-corrected chi connectivity index (χ3v) is 3.99. The number of hydrogen-bond donors (Lipinski definition) is 2. The zero-order chi connectivity index (χ0) is 13.8. The number of hydrogen-bond acceptors (Lipinski definition) is 5. The quantitative estimate of drug-likeness (QED) is 0.823. The first-order chi connectivity index (χ1) is 8.45. The molecule has 0 aliphatic rings. The molecule has 1 atom stereocenters. The smallest absolute Gasteiger partial charge is 0.263 e. The summed E-state index contributed by atoms with van der Waals surface area (Å²) >= 11 is 1.32. The molecule has 0 radical (unpaired) electrons. The van der Waals surface area contributed by atoms with Gasteiger partial charge in [0.25, 0.3) is 5.91 Å². The van der Waals surface area contributed by atoms with Gasteiger partial charge < -0.3 is 15.2 Å². The van der Waals surface area contributed by atoms with Gasteiger partial charge in [0, 0.05) is 7.11 Å². The normalized spacial score (nSPS) is 14.3. The Morgan fingerprint density at radius 2 is 2.28 bits per heavy atom. The van der Waals surface area contributed by atoms with Gasteiger partial charge in [0.15, 0.2) is 0 Å². The maximum atomic E-state index is 12.1. The lowest BCUT2D eigenvalue weighted by atomic mass is 10.0. The molecule has 0 saturated carbocycles. The van der Waals surface area contributed by atoms with Crippen molar-refractivity contribution in [1.82, 2.24) is 10.3 Å². The first-order valence-electron chi connectivity index (χ1n) is 5.84. The van der Waals surface area contributed by atoms with Crippen LogP contribution in [0.1, 0.15) is 40.6 Å². The van der Waals surface area contributed by atoms with Crippen LogP contribution in [-0.2, 0) is 11.3 Å². The summed E-state index contributed by atoms with van der Waals surface area (Å²) in [5, 5.41) is 12.9. The monoisotopic (exact) mass is 272 g/mol. The Hall–Kier alpha value is -0.980. The third-order valence-electron chi connectivity index (χ3n) is 2.86. The lowest BCUT2D eigenvalue weighted by molar-refractivity contribution is 0.0851. The average Bonchev–Trinajstić information content (AvgIpc) is 2.70. The average molecular weight is 272 g/mol. The summed E-state index contributed by atoms with van der Waals surface area (Å²) in [4.78, 5) is 17.0. The first kappa shape index (κ1) is 15.1. The van der Waals surface area contributed by atoms with Crippen molar-refractivity contribution in [2.75, 3.05) is 13.7 Å². The van der Waals surface area contributed by atoms with E-state index in [0.29, 0.717) is 23.6 Å². The standard InChI is InChI=1S/C12H20N2O3S/c1-5-12(3,7-15)14-11(16)10-8(2)13-9(18-10)6-17-4/h15H,5-7H2,1-4H3,(H,14,16)/t12-/m0/s1. The number of ether oxygens (including phenoxy) is 1. The number of carbonyl (C=O) groups is 1. The number of thiazole rings is 1. The van der Waals surface area contributed by atoms with Crippen molar-refractivity contribution in [2.45, 2.75) is 39.3 Å². The number of rotatable bonds is 6. The van der Waals surface area contributed by atoms with E-state index in [4.69, 9.17) is 4.74 Å². The van der Waals surface area contributed by atoms with Crippen LogP contribution in [0.3, 0.4) is 0 Å². The minimum Gasteiger partial charge on any atom is -0.394 e. The van der Waals surface area contributed by atoms with Gasteiger partial charge in [0.1, 0.15) is 9.88 Å². The molecule has 2 N–H and O–H groups in total. The molecule has 0 unspecified atom stereocenters. The van der Waals surface area contributed by atoms with Gasteiger partial charge in [-0.3, -0.25) is 4.79 Å². The van der Waals surface area contributed by atoms with Gasteiger partial charge in [-0.15, -0.1) is 11.3 Å². The maximum Gasteiger partial charge on any atom is 0.263 e. The van der Waals surface area contributed by atoms with Crippen molar-refractivity contribution in [3.8, 4) is 0 Å². The predicted molar refractivity (Wildman–Crippen MR) is 70.8 cm³/mol. The van der Waals surface area contributed by atoms with Gasteiger partial charge >= 0.3 is 0 Å². The molecule has 0 aliphatic heterocycles. The lowest BCUT2D eigenvalue weighted by Crippen LogP contribution is -2.48. The number of aliphatic hydroxyl groups is 1. The summed E-state index contributed by atoms with van der Waals surface area (Å²) in [7, 11) is 1.59.